The molecule has 0 saturated carbocycles. The third-order valence-electron chi connectivity index (χ3n) is 2.92. The largest absolute Gasteiger partial charge is 0.316 e. The summed E-state index contributed by atoms with van der Waals surface area (Å²) in [6.07, 6.45) is 4.01. The zero-order valence-corrected chi connectivity index (χ0v) is 9.07. The Balaban J connectivity index is 1.95. The number of hydrogen-bond donors (Lipinski definition) is 1. The van der Waals surface area contributed by atoms with E-state index in [1.807, 2.05) is 6.92 Å². The van der Waals surface area contributed by atoms with Gasteiger partial charge in [-0.15, -0.1) is 0 Å². The summed E-state index contributed by atoms with van der Waals surface area (Å²) in [4.78, 5) is 11.5. The van der Waals surface area contributed by atoms with Gasteiger partial charge >= 0.3 is 0 Å². The van der Waals surface area contributed by atoms with Gasteiger partial charge in [0.05, 0.1) is 6.20 Å². The lowest BCUT2D eigenvalue weighted by Gasteiger charge is -2.08. The maximum atomic E-state index is 11.5. The first-order valence-electron chi connectivity index (χ1n) is 5.50. The van der Waals surface area contributed by atoms with Crippen molar-refractivity contribution in [3.8, 4) is 0 Å². The highest BCUT2D eigenvalue weighted by molar-refractivity contribution is 5.02. The van der Waals surface area contributed by atoms with E-state index in [2.05, 4.69) is 10.4 Å². The van der Waals surface area contributed by atoms with Crippen molar-refractivity contribution in [2.45, 2.75) is 26.3 Å². The topological polar surface area (TPSA) is 46.9 Å². The lowest BCUT2D eigenvalue weighted by Crippen LogP contribution is -2.23. The van der Waals surface area contributed by atoms with Crippen molar-refractivity contribution in [3.05, 3.63) is 28.2 Å². The molecule has 0 radical (unpaired) electrons. The molecule has 1 N–H and O–H groups in total. The quantitative estimate of drug-likeness (QED) is 0.787. The van der Waals surface area contributed by atoms with Crippen LogP contribution in [-0.4, -0.2) is 22.9 Å². The zero-order chi connectivity index (χ0) is 10.7. The van der Waals surface area contributed by atoms with E-state index in [0.717, 1.165) is 31.6 Å². The van der Waals surface area contributed by atoms with Crippen LogP contribution in [0.3, 0.4) is 0 Å². The lowest BCUT2D eigenvalue weighted by molar-refractivity contribution is 0.446. The zero-order valence-electron chi connectivity index (χ0n) is 9.07. The van der Waals surface area contributed by atoms with Gasteiger partial charge in [-0.1, -0.05) is 0 Å². The number of nitrogens with one attached hydrogen (secondary N) is 1. The molecule has 1 atom stereocenters. The van der Waals surface area contributed by atoms with Gasteiger partial charge in [0.25, 0.3) is 5.56 Å². The molecule has 0 bridgehead atoms. The Hall–Kier alpha value is -1.16. The van der Waals surface area contributed by atoms with E-state index < -0.39 is 0 Å². The van der Waals surface area contributed by atoms with E-state index in [0.29, 0.717) is 5.92 Å². The minimum Gasteiger partial charge on any atom is -0.316 e. The highest BCUT2D eigenvalue weighted by Crippen LogP contribution is 2.12. The molecule has 0 aliphatic carbocycles. The summed E-state index contributed by atoms with van der Waals surface area (Å²) in [6, 6.07) is 1.64. The van der Waals surface area contributed by atoms with E-state index in [1.54, 1.807) is 16.9 Å². The molecular formula is C11H17N3O. The summed E-state index contributed by atoms with van der Waals surface area (Å²) < 4.78 is 1.56. The smallest absolute Gasteiger partial charge is 0.266 e. The summed E-state index contributed by atoms with van der Waals surface area (Å²) in [5, 5.41) is 7.45. The lowest BCUT2D eigenvalue weighted by atomic mass is 10.1. The van der Waals surface area contributed by atoms with Crippen LogP contribution in [0, 0.1) is 12.8 Å². The molecule has 4 heteroatoms. The van der Waals surface area contributed by atoms with Crippen LogP contribution in [0.2, 0.25) is 0 Å². The molecule has 1 aromatic rings. The molecule has 1 fully saturated rings. The average Bonchev–Trinajstić information content (AvgIpc) is 2.69. The standard InChI is InChI=1S/C11H17N3O/c1-9-6-11(15)14(13-7-9)5-3-10-2-4-12-8-10/h6-7,10,12H,2-5,8H2,1H3. The van der Waals surface area contributed by atoms with Crippen molar-refractivity contribution in [2.24, 2.45) is 5.92 Å². The van der Waals surface area contributed by atoms with Crippen LogP contribution < -0.4 is 10.9 Å². The van der Waals surface area contributed by atoms with Crippen LogP contribution in [0.15, 0.2) is 17.1 Å². The first-order chi connectivity index (χ1) is 7.25. The van der Waals surface area contributed by atoms with Crippen LogP contribution in [0.5, 0.6) is 0 Å². The maximum absolute atomic E-state index is 11.5. The SMILES string of the molecule is Cc1cnn(CCC2CCNC2)c(=O)c1. The van der Waals surface area contributed by atoms with Gasteiger partial charge in [-0.2, -0.15) is 5.10 Å². The first-order valence-corrected chi connectivity index (χ1v) is 5.50. The van der Waals surface area contributed by atoms with Gasteiger partial charge < -0.3 is 5.32 Å². The second-order valence-electron chi connectivity index (χ2n) is 4.24. The number of aromatic nitrogens is 2. The van der Waals surface area contributed by atoms with E-state index >= 15 is 0 Å². The Morgan fingerprint density at radius 3 is 3.20 bits per heavy atom. The van der Waals surface area contributed by atoms with Crippen molar-refractivity contribution >= 4 is 0 Å². The average molecular weight is 207 g/mol. The molecule has 1 aliphatic rings. The van der Waals surface area contributed by atoms with E-state index in [1.165, 1.54) is 6.42 Å². The molecular weight excluding hydrogens is 190 g/mol. The van der Waals surface area contributed by atoms with Gasteiger partial charge in [-0.05, 0) is 44.3 Å². The fourth-order valence-corrected chi connectivity index (χ4v) is 1.96. The number of aryl methyl sites for hydroxylation is 2. The molecule has 82 valence electrons. The van der Waals surface area contributed by atoms with Crippen LogP contribution in [0.25, 0.3) is 0 Å². The number of rotatable bonds is 3. The first kappa shape index (κ1) is 10.4. The molecule has 0 aromatic carbocycles. The van der Waals surface area contributed by atoms with Gasteiger partial charge in [0.2, 0.25) is 0 Å². The second-order valence-corrected chi connectivity index (χ2v) is 4.24. The van der Waals surface area contributed by atoms with Crippen molar-refractivity contribution in [2.75, 3.05) is 13.1 Å². The minimum atomic E-state index is 0.0148. The highest BCUT2D eigenvalue weighted by Gasteiger charge is 2.14. The van der Waals surface area contributed by atoms with Crippen LogP contribution >= 0.6 is 0 Å². The summed E-state index contributed by atoms with van der Waals surface area (Å²) >= 11 is 0. The Morgan fingerprint density at radius 1 is 1.67 bits per heavy atom. The molecule has 1 aliphatic heterocycles. The molecule has 1 unspecified atom stereocenters. The van der Waals surface area contributed by atoms with Crippen molar-refractivity contribution < 1.29 is 0 Å². The normalized spacial score (nSPS) is 20.7. The molecule has 2 rings (SSSR count). The molecule has 2 heterocycles. The molecule has 0 spiro atoms. The van der Waals surface area contributed by atoms with E-state index in [-0.39, 0.29) is 5.56 Å². The van der Waals surface area contributed by atoms with Crippen molar-refractivity contribution in [3.63, 3.8) is 0 Å². The number of hydrogen-bond acceptors (Lipinski definition) is 3. The number of nitrogens with zero attached hydrogens (tertiary/aromatic N) is 2. The molecule has 1 saturated heterocycles. The summed E-state index contributed by atoms with van der Waals surface area (Å²) in [5.41, 5.74) is 0.944. The van der Waals surface area contributed by atoms with Crippen molar-refractivity contribution in [1.29, 1.82) is 0 Å². The highest BCUT2D eigenvalue weighted by atomic mass is 16.1. The predicted molar refractivity (Wildman–Crippen MR) is 58.8 cm³/mol. The summed E-state index contributed by atoms with van der Waals surface area (Å²) in [6.45, 7) is 4.83. The minimum absolute atomic E-state index is 0.0148. The van der Waals surface area contributed by atoms with Crippen LogP contribution in [0.4, 0.5) is 0 Å². The van der Waals surface area contributed by atoms with Gasteiger partial charge in [-0.25, -0.2) is 4.68 Å². The predicted octanol–water partition coefficient (Wildman–Crippen LogP) is 0.551. The Labute approximate surface area is 89.3 Å². The van der Waals surface area contributed by atoms with E-state index in [4.69, 9.17) is 0 Å². The van der Waals surface area contributed by atoms with Gasteiger partial charge in [0.15, 0.2) is 0 Å². The molecule has 4 nitrogen and oxygen atoms in total. The van der Waals surface area contributed by atoms with Gasteiger partial charge in [0, 0.05) is 12.6 Å². The van der Waals surface area contributed by atoms with Crippen LogP contribution in [-0.2, 0) is 6.54 Å². The van der Waals surface area contributed by atoms with E-state index in [9.17, 15) is 4.79 Å². The Kier molecular flexibility index (Phi) is 3.16. The molecule has 15 heavy (non-hydrogen) atoms. The molecule has 1 aromatic heterocycles. The molecule has 0 amide bonds. The maximum Gasteiger partial charge on any atom is 0.266 e. The monoisotopic (exact) mass is 207 g/mol. The fourth-order valence-electron chi connectivity index (χ4n) is 1.96. The Bertz CT molecular complexity index is 380. The van der Waals surface area contributed by atoms with Gasteiger partial charge in [0.1, 0.15) is 0 Å². The summed E-state index contributed by atoms with van der Waals surface area (Å²) in [5.74, 6) is 0.708. The van der Waals surface area contributed by atoms with Crippen LogP contribution in [0.1, 0.15) is 18.4 Å². The van der Waals surface area contributed by atoms with Gasteiger partial charge in [-0.3, -0.25) is 4.79 Å². The third kappa shape index (κ3) is 2.65. The Morgan fingerprint density at radius 2 is 2.53 bits per heavy atom. The fraction of sp³-hybridized carbons (Fsp3) is 0.636. The second kappa shape index (κ2) is 4.57. The summed E-state index contributed by atoms with van der Waals surface area (Å²) in [7, 11) is 0. The van der Waals surface area contributed by atoms with Crippen molar-refractivity contribution in [1.82, 2.24) is 15.1 Å². The third-order valence-corrected chi connectivity index (χ3v) is 2.92.